The summed E-state index contributed by atoms with van der Waals surface area (Å²) in [5.41, 5.74) is 1.56. The van der Waals surface area contributed by atoms with Crippen LogP contribution in [0.3, 0.4) is 0 Å². The third kappa shape index (κ3) is 4.87. The zero-order chi connectivity index (χ0) is 15.3. The van der Waals surface area contributed by atoms with Crippen molar-refractivity contribution in [2.45, 2.75) is 39.2 Å². The molecule has 0 radical (unpaired) electrons. The van der Waals surface area contributed by atoms with Crippen molar-refractivity contribution < 1.29 is 4.74 Å². The molecule has 3 heteroatoms. The van der Waals surface area contributed by atoms with Gasteiger partial charge in [-0.05, 0) is 48.2 Å². The molecule has 0 bridgehead atoms. The molecule has 2 nitrogen and oxygen atoms in total. The molecule has 21 heavy (non-hydrogen) atoms. The zero-order valence-corrected chi connectivity index (χ0v) is 14.2. The molecule has 0 unspecified atom stereocenters. The minimum atomic E-state index is 0.253. The van der Waals surface area contributed by atoms with Crippen LogP contribution in [-0.2, 0) is 18.4 Å². The first kappa shape index (κ1) is 16.1. The number of hydrogen-bond acceptors (Lipinski definition) is 3. The predicted octanol–water partition coefficient (Wildman–Crippen LogP) is 4.39. The molecule has 1 N–H and O–H groups in total. The van der Waals surface area contributed by atoms with Crippen LogP contribution in [0.1, 0.15) is 36.1 Å². The number of rotatable bonds is 6. The van der Waals surface area contributed by atoms with Gasteiger partial charge >= 0.3 is 0 Å². The van der Waals surface area contributed by atoms with E-state index in [2.05, 4.69) is 50.4 Å². The molecule has 0 fully saturated rings. The summed E-state index contributed by atoms with van der Waals surface area (Å²) in [5.74, 6) is 0.931. The minimum Gasteiger partial charge on any atom is -0.497 e. The monoisotopic (exact) mass is 303 g/mol. The highest BCUT2D eigenvalue weighted by Gasteiger charge is 2.15. The van der Waals surface area contributed by atoms with E-state index in [0.29, 0.717) is 0 Å². The van der Waals surface area contributed by atoms with Crippen LogP contribution in [0.2, 0.25) is 0 Å². The molecular weight excluding hydrogens is 278 g/mol. The van der Waals surface area contributed by atoms with E-state index < -0.39 is 0 Å². The zero-order valence-electron chi connectivity index (χ0n) is 13.4. The Bertz CT molecular complexity index is 569. The van der Waals surface area contributed by atoms with E-state index in [1.54, 1.807) is 7.11 Å². The molecule has 114 valence electrons. The van der Waals surface area contributed by atoms with Crippen LogP contribution < -0.4 is 10.1 Å². The largest absolute Gasteiger partial charge is 0.497 e. The predicted molar refractivity (Wildman–Crippen MR) is 91.4 cm³/mol. The second-order valence-electron chi connectivity index (χ2n) is 6.29. The summed E-state index contributed by atoms with van der Waals surface area (Å²) in [6.07, 6.45) is 1.02. The quantitative estimate of drug-likeness (QED) is 0.799. The molecule has 0 spiro atoms. The van der Waals surface area contributed by atoms with Crippen molar-refractivity contribution in [3.8, 4) is 5.75 Å². The minimum absolute atomic E-state index is 0.253. The molecule has 0 amide bonds. The van der Waals surface area contributed by atoms with Crippen LogP contribution in [0.15, 0.2) is 36.4 Å². The molecule has 0 aliphatic carbocycles. The van der Waals surface area contributed by atoms with Crippen molar-refractivity contribution >= 4 is 11.3 Å². The van der Waals surface area contributed by atoms with Gasteiger partial charge in [0.1, 0.15) is 5.75 Å². The summed E-state index contributed by atoms with van der Waals surface area (Å²) in [5, 5.41) is 3.52. The fraction of sp³-hybridized carbons (Fsp3) is 0.444. The highest BCUT2D eigenvalue weighted by Crippen LogP contribution is 2.29. The van der Waals surface area contributed by atoms with Gasteiger partial charge in [0, 0.05) is 16.3 Å². The van der Waals surface area contributed by atoms with Crippen molar-refractivity contribution in [3.05, 3.63) is 51.7 Å². The van der Waals surface area contributed by atoms with Gasteiger partial charge < -0.3 is 10.1 Å². The van der Waals surface area contributed by atoms with Crippen molar-refractivity contribution in [1.29, 1.82) is 0 Å². The average molecular weight is 303 g/mol. The molecule has 2 aromatic rings. The summed E-state index contributed by atoms with van der Waals surface area (Å²) < 4.78 is 5.25. The number of benzene rings is 1. The Kier molecular flexibility index (Phi) is 5.43. The maximum atomic E-state index is 5.25. The first-order valence-electron chi connectivity index (χ1n) is 7.42. The fourth-order valence-electron chi connectivity index (χ4n) is 2.15. The van der Waals surface area contributed by atoms with E-state index in [-0.39, 0.29) is 5.41 Å². The van der Waals surface area contributed by atoms with E-state index in [1.165, 1.54) is 15.3 Å². The number of thiophene rings is 1. The third-order valence-electron chi connectivity index (χ3n) is 3.42. The van der Waals surface area contributed by atoms with E-state index in [0.717, 1.165) is 25.3 Å². The lowest BCUT2D eigenvalue weighted by molar-refractivity contribution is 0.414. The Balaban J connectivity index is 1.78. The molecule has 1 aromatic heterocycles. The summed E-state index contributed by atoms with van der Waals surface area (Å²) in [7, 11) is 1.71. The fourth-order valence-corrected chi connectivity index (χ4v) is 3.18. The van der Waals surface area contributed by atoms with Gasteiger partial charge in [0.2, 0.25) is 0 Å². The Labute approximate surface area is 132 Å². The van der Waals surface area contributed by atoms with Gasteiger partial charge in [-0.2, -0.15) is 0 Å². The van der Waals surface area contributed by atoms with Crippen LogP contribution in [-0.4, -0.2) is 13.7 Å². The molecule has 0 atom stereocenters. The van der Waals surface area contributed by atoms with Gasteiger partial charge in [-0.15, -0.1) is 11.3 Å². The lowest BCUT2D eigenvalue weighted by Gasteiger charge is -2.15. The molecule has 0 saturated carbocycles. The van der Waals surface area contributed by atoms with E-state index >= 15 is 0 Å². The molecular formula is C18H25NOS. The Morgan fingerprint density at radius 3 is 2.62 bits per heavy atom. The molecule has 1 heterocycles. The van der Waals surface area contributed by atoms with E-state index in [4.69, 9.17) is 4.74 Å². The van der Waals surface area contributed by atoms with Gasteiger partial charge in [-0.3, -0.25) is 0 Å². The summed E-state index contributed by atoms with van der Waals surface area (Å²) >= 11 is 1.91. The SMILES string of the molecule is COc1cccc(CCNCc2ccc(C(C)(C)C)s2)c1. The molecule has 0 aliphatic rings. The van der Waals surface area contributed by atoms with E-state index in [1.807, 2.05) is 23.5 Å². The van der Waals surface area contributed by atoms with Crippen LogP contribution >= 0.6 is 11.3 Å². The first-order valence-corrected chi connectivity index (χ1v) is 8.23. The van der Waals surface area contributed by atoms with Crippen molar-refractivity contribution in [2.75, 3.05) is 13.7 Å². The highest BCUT2D eigenvalue weighted by molar-refractivity contribution is 7.12. The molecule has 0 aliphatic heterocycles. The number of hydrogen-bond donors (Lipinski definition) is 1. The van der Waals surface area contributed by atoms with Crippen LogP contribution in [0.5, 0.6) is 5.75 Å². The van der Waals surface area contributed by atoms with Crippen LogP contribution in [0.25, 0.3) is 0 Å². The third-order valence-corrected chi connectivity index (χ3v) is 4.94. The maximum absolute atomic E-state index is 5.25. The van der Waals surface area contributed by atoms with Crippen LogP contribution in [0.4, 0.5) is 0 Å². The highest BCUT2D eigenvalue weighted by atomic mass is 32.1. The Morgan fingerprint density at radius 1 is 1.14 bits per heavy atom. The maximum Gasteiger partial charge on any atom is 0.119 e. The normalized spacial score (nSPS) is 11.6. The second kappa shape index (κ2) is 7.10. The lowest BCUT2D eigenvalue weighted by Crippen LogP contribution is -2.16. The Hall–Kier alpha value is -1.32. The van der Waals surface area contributed by atoms with Crippen molar-refractivity contribution in [1.82, 2.24) is 5.32 Å². The second-order valence-corrected chi connectivity index (χ2v) is 7.46. The summed E-state index contributed by atoms with van der Waals surface area (Å²) in [6.45, 7) is 8.72. The standard InChI is InChI=1S/C18H25NOS/c1-18(2,3)17-9-8-16(21-17)13-19-11-10-14-6-5-7-15(12-14)20-4/h5-9,12,19H,10-11,13H2,1-4H3. The number of ether oxygens (including phenoxy) is 1. The van der Waals surface area contributed by atoms with E-state index in [9.17, 15) is 0 Å². The smallest absolute Gasteiger partial charge is 0.119 e. The van der Waals surface area contributed by atoms with Crippen molar-refractivity contribution in [3.63, 3.8) is 0 Å². The summed E-state index contributed by atoms with van der Waals surface area (Å²) in [4.78, 5) is 2.86. The van der Waals surface area contributed by atoms with Gasteiger partial charge in [0.15, 0.2) is 0 Å². The van der Waals surface area contributed by atoms with Gasteiger partial charge in [0.05, 0.1) is 7.11 Å². The molecule has 0 saturated heterocycles. The topological polar surface area (TPSA) is 21.3 Å². The molecule has 2 rings (SSSR count). The number of methoxy groups -OCH3 is 1. The van der Waals surface area contributed by atoms with Gasteiger partial charge in [0.25, 0.3) is 0 Å². The average Bonchev–Trinajstić information content (AvgIpc) is 2.93. The number of nitrogens with one attached hydrogen (secondary N) is 1. The molecule has 1 aromatic carbocycles. The van der Waals surface area contributed by atoms with Crippen molar-refractivity contribution in [2.24, 2.45) is 0 Å². The first-order chi connectivity index (χ1) is 9.99. The van der Waals surface area contributed by atoms with Gasteiger partial charge in [-0.25, -0.2) is 0 Å². The summed E-state index contributed by atoms with van der Waals surface area (Å²) in [6, 6.07) is 12.8. The Morgan fingerprint density at radius 2 is 1.95 bits per heavy atom. The lowest BCUT2D eigenvalue weighted by atomic mass is 9.95. The van der Waals surface area contributed by atoms with Gasteiger partial charge in [-0.1, -0.05) is 32.9 Å². The van der Waals surface area contributed by atoms with Crippen LogP contribution in [0, 0.1) is 0 Å².